The third-order valence-electron chi connectivity index (χ3n) is 2.01. The fourth-order valence-electron chi connectivity index (χ4n) is 1.07. The van der Waals surface area contributed by atoms with Crippen molar-refractivity contribution in [1.82, 2.24) is 20.4 Å². The molecule has 1 heterocycles. The van der Waals surface area contributed by atoms with Gasteiger partial charge in [-0.05, 0) is 6.08 Å². The number of rotatable bonds is 4. The maximum atomic E-state index is 10.0. The molecule has 1 N–H and O–H groups in total. The highest BCUT2D eigenvalue weighted by atomic mass is 16.7. The van der Waals surface area contributed by atoms with Crippen molar-refractivity contribution in [2.24, 2.45) is 0 Å². The molecule has 0 amide bonds. The number of non-ortho nitro benzene ring substituents is 1. The van der Waals surface area contributed by atoms with Gasteiger partial charge in [-0.1, -0.05) is 24.8 Å². The highest BCUT2D eigenvalue weighted by molar-refractivity contribution is 5.56. The summed E-state index contributed by atoms with van der Waals surface area (Å²) < 4.78 is 4.19. The number of nitro groups is 1. The van der Waals surface area contributed by atoms with Gasteiger partial charge in [-0.15, -0.1) is 20.4 Å². The summed E-state index contributed by atoms with van der Waals surface area (Å²) in [6.45, 7) is 3.15. The number of hydrogen-bond acceptors (Lipinski definition) is 8. The van der Waals surface area contributed by atoms with Crippen molar-refractivity contribution in [2.45, 2.75) is 6.61 Å². The molecule has 0 aliphatic rings. The van der Waals surface area contributed by atoms with Crippen molar-refractivity contribution in [3.8, 4) is 0 Å². The van der Waals surface area contributed by atoms with Gasteiger partial charge in [-0.2, -0.15) is 0 Å². The first-order valence-corrected chi connectivity index (χ1v) is 5.76. The van der Waals surface area contributed by atoms with Gasteiger partial charge < -0.3 is 9.84 Å². The standard InChI is InChI=1S/C6H6N4O3.C6H5NO2/c1-2-4-7-9-5(10-8-4)3-13-6(11)12;8-7(9)6-4-2-1-3-5-6/h2H,1,3H2,(H,11,12);1-5H. The fraction of sp³-hybridized carbons (Fsp3) is 0.0833. The lowest BCUT2D eigenvalue weighted by molar-refractivity contribution is -0.384. The first kappa shape index (κ1) is 16.6. The number of aromatic nitrogens is 4. The quantitative estimate of drug-likeness (QED) is 0.507. The van der Waals surface area contributed by atoms with Gasteiger partial charge in [0.1, 0.15) is 0 Å². The minimum atomic E-state index is -1.39. The summed E-state index contributed by atoms with van der Waals surface area (Å²) in [4.78, 5) is 19.6. The normalized spacial score (nSPS) is 9.09. The van der Waals surface area contributed by atoms with Crippen LogP contribution in [-0.2, 0) is 11.3 Å². The smallest absolute Gasteiger partial charge is 0.450 e. The Labute approximate surface area is 124 Å². The van der Waals surface area contributed by atoms with E-state index in [1.165, 1.54) is 18.2 Å². The third-order valence-corrected chi connectivity index (χ3v) is 2.01. The van der Waals surface area contributed by atoms with Gasteiger partial charge >= 0.3 is 6.16 Å². The molecule has 0 bridgehead atoms. The molecule has 114 valence electrons. The van der Waals surface area contributed by atoms with Crippen molar-refractivity contribution in [1.29, 1.82) is 0 Å². The van der Waals surface area contributed by atoms with E-state index in [0.717, 1.165) is 0 Å². The van der Waals surface area contributed by atoms with Crippen molar-refractivity contribution in [2.75, 3.05) is 0 Å². The van der Waals surface area contributed by atoms with Crippen LogP contribution in [0.5, 0.6) is 0 Å². The molecule has 1 aromatic heterocycles. The van der Waals surface area contributed by atoms with E-state index in [9.17, 15) is 14.9 Å². The lowest BCUT2D eigenvalue weighted by Crippen LogP contribution is -2.07. The van der Waals surface area contributed by atoms with Gasteiger partial charge in [0.25, 0.3) is 5.69 Å². The number of nitro benzene ring substituents is 1. The average molecular weight is 305 g/mol. The van der Waals surface area contributed by atoms with Crippen LogP contribution in [0.2, 0.25) is 0 Å². The molecule has 2 rings (SSSR count). The zero-order valence-corrected chi connectivity index (χ0v) is 11.2. The molecular weight excluding hydrogens is 294 g/mol. The second kappa shape index (κ2) is 8.68. The molecule has 0 fully saturated rings. The Morgan fingerprint density at radius 2 is 1.86 bits per heavy atom. The first-order valence-electron chi connectivity index (χ1n) is 5.76. The van der Waals surface area contributed by atoms with Crippen LogP contribution >= 0.6 is 0 Å². The Kier molecular flexibility index (Phi) is 6.56. The van der Waals surface area contributed by atoms with Gasteiger partial charge in [0.2, 0.25) is 5.82 Å². The van der Waals surface area contributed by atoms with E-state index < -0.39 is 11.1 Å². The van der Waals surface area contributed by atoms with Gasteiger partial charge in [-0.25, -0.2) is 4.79 Å². The Balaban J connectivity index is 0.000000235. The van der Waals surface area contributed by atoms with E-state index in [4.69, 9.17) is 5.11 Å². The predicted molar refractivity (Wildman–Crippen MR) is 73.6 cm³/mol. The number of benzene rings is 1. The molecule has 0 saturated heterocycles. The van der Waals surface area contributed by atoms with Crippen LogP contribution in [0, 0.1) is 10.1 Å². The second-order valence-corrected chi connectivity index (χ2v) is 3.53. The van der Waals surface area contributed by atoms with Crippen molar-refractivity contribution in [3.63, 3.8) is 0 Å². The maximum Gasteiger partial charge on any atom is 0.506 e. The monoisotopic (exact) mass is 305 g/mol. The Morgan fingerprint density at radius 1 is 1.27 bits per heavy atom. The van der Waals surface area contributed by atoms with E-state index in [0.29, 0.717) is 0 Å². The largest absolute Gasteiger partial charge is 0.506 e. The Bertz CT molecular complexity index is 632. The van der Waals surface area contributed by atoms with Gasteiger partial charge in [0.05, 0.1) is 4.92 Å². The molecule has 0 unspecified atom stereocenters. The molecule has 0 aliphatic carbocycles. The van der Waals surface area contributed by atoms with Gasteiger partial charge in [0.15, 0.2) is 12.4 Å². The fourth-order valence-corrected chi connectivity index (χ4v) is 1.07. The zero-order valence-electron chi connectivity index (χ0n) is 11.2. The molecular formula is C12H11N5O5. The summed E-state index contributed by atoms with van der Waals surface area (Å²) in [5, 5.41) is 32.3. The number of carbonyl (C=O) groups is 1. The van der Waals surface area contributed by atoms with Crippen LogP contribution < -0.4 is 0 Å². The van der Waals surface area contributed by atoms with Crippen LogP contribution in [0.25, 0.3) is 6.08 Å². The van der Waals surface area contributed by atoms with Crippen molar-refractivity contribution < 1.29 is 19.6 Å². The van der Waals surface area contributed by atoms with Crippen LogP contribution in [0.4, 0.5) is 10.5 Å². The summed E-state index contributed by atoms with van der Waals surface area (Å²) in [5.74, 6) is 0.382. The number of nitrogens with zero attached hydrogens (tertiary/aromatic N) is 5. The predicted octanol–water partition coefficient (Wildman–Crippen LogP) is 1.70. The lowest BCUT2D eigenvalue weighted by Gasteiger charge is -1.96. The summed E-state index contributed by atoms with van der Waals surface area (Å²) >= 11 is 0. The molecule has 22 heavy (non-hydrogen) atoms. The SMILES string of the molecule is C=Cc1nnc(COC(=O)O)nn1.O=[N+]([O-])c1ccccc1. The number of hydrogen-bond donors (Lipinski definition) is 1. The maximum absolute atomic E-state index is 10.0. The van der Waals surface area contributed by atoms with Crippen molar-refractivity contribution >= 4 is 17.9 Å². The highest BCUT2D eigenvalue weighted by Crippen LogP contribution is 2.06. The van der Waals surface area contributed by atoms with E-state index in [-0.39, 0.29) is 23.9 Å². The molecule has 0 saturated carbocycles. The molecule has 10 heteroatoms. The molecule has 0 atom stereocenters. The Hall–Kier alpha value is -3.43. The zero-order chi connectivity index (χ0) is 16.4. The molecule has 0 aliphatic heterocycles. The summed E-state index contributed by atoms with van der Waals surface area (Å²) in [6, 6.07) is 7.93. The van der Waals surface area contributed by atoms with E-state index in [1.807, 2.05) is 0 Å². The molecule has 0 radical (unpaired) electrons. The lowest BCUT2D eigenvalue weighted by atomic mass is 10.3. The summed E-state index contributed by atoms with van der Waals surface area (Å²) in [5.41, 5.74) is 0.137. The second-order valence-electron chi connectivity index (χ2n) is 3.53. The van der Waals surface area contributed by atoms with Gasteiger partial charge in [-0.3, -0.25) is 10.1 Å². The third kappa shape index (κ3) is 6.14. The Morgan fingerprint density at radius 3 is 2.27 bits per heavy atom. The van der Waals surface area contributed by atoms with Gasteiger partial charge in [0, 0.05) is 12.1 Å². The average Bonchev–Trinajstić information content (AvgIpc) is 2.55. The topological polar surface area (TPSA) is 141 Å². The highest BCUT2D eigenvalue weighted by Gasteiger charge is 2.02. The molecule has 0 spiro atoms. The van der Waals surface area contributed by atoms with Crippen LogP contribution in [0.3, 0.4) is 0 Å². The number of para-hydroxylation sites is 1. The van der Waals surface area contributed by atoms with E-state index in [1.54, 1.807) is 18.2 Å². The molecule has 10 nitrogen and oxygen atoms in total. The number of carboxylic acid groups (broad SMARTS) is 1. The van der Waals surface area contributed by atoms with Crippen LogP contribution in [0.1, 0.15) is 11.6 Å². The summed E-state index contributed by atoms with van der Waals surface area (Å²) in [7, 11) is 0. The van der Waals surface area contributed by atoms with Crippen LogP contribution in [-0.4, -0.2) is 36.6 Å². The number of ether oxygens (including phenoxy) is 1. The first-order chi connectivity index (χ1) is 10.5. The molecule has 1 aromatic carbocycles. The molecule has 2 aromatic rings. The minimum Gasteiger partial charge on any atom is -0.450 e. The van der Waals surface area contributed by atoms with Crippen molar-refractivity contribution in [3.05, 3.63) is 58.7 Å². The van der Waals surface area contributed by atoms with Crippen LogP contribution in [0.15, 0.2) is 36.9 Å². The van der Waals surface area contributed by atoms with E-state index in [2.05, 4.69) is 31.7 Å². The minimum absolute atomic E-state index is 0.105. The van der Waals surface area contributed by atoms with E-state index >= 15 is 0 Å². The summed E-state index contributed by atoms with van der Waals surface area (Å²) in [6.07, 6.45) is -0.0154.